The fourth-order valence-electron chi connectivity index (χ4n) is 4.25. The Hall–Kier alpha value is -3.25. The van der Waals surface area contributed by atoms with Gasteiger partial charge in [-0.25, -0.2) is 4.68 Å². The fraction of sp³-hybridized carbons (Fsp3) is 0.346. The molecule has 1 amide bonds. The van der Waals surface area contributed by atoms with E-state index >= 15 is 0 Å². The van der Waals surface area contributed by atoms with E-state index in [0.29, 0.717) is 12.2 Å². The van der Waals surface area contributed by atoms with Crippen LogP contribution in [0.2, 0.25) is 0 Å². The number of para-hydroxylation sites is 1. The minimum Gasteiger partial charge on any atom is -0.346 e. The van der Waals surface area contributed by atoms with Crippen LogP contribution in [0.3, 0.4) is 0 Å². The zero-order valence-corrected chi connectivity index (χ0v) is 18.8. The number of nitrogens with zero attached hydrogens (tertiary/aromatic N) is 3. The summed E-state index contributed by atoms with van der Waals surface area (Å²) in [4.78, 5) is 27.6. The van der Waals surface area contributed by atoms with Gasteiger partial charge in [0.15, 0.2) is 5.69 Å². The Morgan fingerprint density at radius 1 is 1.09 bits per heavy atom. The fourth-order valence-corrected chi connectivity index (χ4v) is 4.25. The van der Waals surface area contributed by atoms with Crippen molar-refractivity contribution in [2.24, 2.45) is 5.92 Å². The van der Waals surface area contributed by atoms with E-state index in [0.717, 1.165) is 36.8 Å². The standard InChI is InChI=1S/C26H30N4O2/c1-19-7-6-14-29(17-19)18-22-12-10-21(11-13-22)16-27-26(32)25-24(31)15-20(2)30(28-25)23-8-4-3-5-9-23/h3-5,8-13,15,19H,6-7,14,16-18H2,1-2H3,(H,27,32). The number of carbonyl (C=O) groups is 1. The number of likely N-dealkylation sites (tertiary alicyclic amines) is 1. The van der Waals surface area contributed by atoms with Crippen LogP contribution in [0.15, 0.2) is 65.5 Å². The highest BCUT2D eigenvalue weighted by atomic mass is 16.2. The lowest BCUT2D eigenvalue weighted by molar-refractivity contribution is 0.0943. The highest BCUT2D eigenvalue weighted by molar-refractivity contribution is 5.92. The normalized spacial score (nSPS) is 16.6. The lowest BCUT2D eigenvalue weighted by Gasteiger charge is -2.30. The first-order chi connectivity index (χ1) is 15.5. The van der Waals surface area contributed by atoms with Crippen LogP contribution in [0.5, 0.6) is 0 Å². The predicted octanol–water partition coefficient (Wildman–Crippen LogP) is 3.70. The van der Waals surface area contributed by atoms with Crippen molar-refractivity contribution in [1.29, 1.82) is 0 Å². The summed E-state index contributed by atoms with van der Waals surface area (Å²) in [5.74, 6) is 0.297. The molecule has 0 bridgehead atoms. The van der Waals surface area contributed by atoms with Gasteiger partial charge >= 0.3 is 0 Å². The topological polar surface area (TPSA) is 67.2 Å². The van der Waals surface area contributed by atoms with Crippen LogP contribution in [0.4, 0.5) is 0 Å². The van der Waals surface area contributed by atoms with E-state index in [4.69, 9.17) is 0 Å². The zero-order valence-electron chi connectivity index (χ0n) is 18.8. The molecule has 166 valence electrons. The highest BCUT2D eigenvalue weighted by Crippen LogP contribution is 2.18. The molecule has 0 spiro atoms. The van der Waals surface area contributed by atoms with E-state index in [9.17, 15) is 9.59 Å². The van der Waals surface area contributed by atoms with E-state index < -0.39 is 5.91 Å². The third-order valence-electron chi connectivity index (χ3n) is 5.95. The maximum Gasteiger partial charge on any atom is 0.276 e. The Bertz CT molecular complexity index is 1120. The first-order valence-corrected chi connectivity index (χ1v) is 11.2. The Morgan fingerprint density at radius 3 is 2.53 bits per heavy atom. The van der Waals surface area contributed by atoms with Gasteiger partial charge in [0, 0.05) is 31.4 Å². The molecule has 2 aromatic carbocycles. The number of nitrogens with one attached hydrogen (secondary N) is 1. The molecule has 6 nitrogen and oxygen atoms in total. The van der Waals surface area contributed by atoms with Crippen molar-refractivity contribution >= 4 is 5.91 Å². The Kier molecular flexibility index (Phi) is 6.81. The summed E-state index contributed by atoms with van der Waals surface area (Å²) in [5, 5.41) is 7.16. The zero-order chi connectivity index (χ0) is 22.5. The molecule has 1 fully saturated rings. The van der Waals surface area contributed by atoms with Crippen molar-refractivity contribution in [3.05, 3.63) is 93.4 Å². The minimum absolute atomic E-state index is 0.102. The van der Waals surface area contributed by atoms with E-state index in [2.05, 4.69) is 34.4 Å². The van der Waals surface area contributed by atoms with Crippen LogP contribution in [-0.2, 0) is 13.1 Å². The van der Waals surface area contributed by atoms with E-state index in [1.807, 2.05) is 42.5 Å². The summed E-state index contributed by atoms with van der Waals surface area (Å²) >= 11 is 0. The number of hydrogen-bond acceptors (Lipinski definition) is 4. The van der Waals surface area contributed by atoms with Gasteiger partial charge in [-0.1, -0.05) is 49.4 Å². The predicted molar refractivity (Wildman–Crippen MR) is 126 cm³/mol. The maximum atomic E-state index is 12.7. The molecule has 1 unspecified atom stereocenters. The van der Waals surface area contributed by atoms with Gasteiger partial charge in [-0.05, 0) is 55.5 Å². The van der Waals surface area contributed by atoms with Gasteiger partial charge in [0.05, 0.1) is 5.69 Å². The quantitative estimate of drug-likeness (QED) is 0.648. The second kappa shape index (κ2) is 9.92. The van der Waals surface area contributed by atoms with Crippen LogP contribution < -0.4 is 10.7 Å². The number of amides is 1. The molecule has 0 aliphatic carbocycles. The van der Waals surface area contributed by atoms with Gasteiger partial charge in [0.25, 0.3) is 5.91 Å². The molecule has 6 heteroatoms. The summed E-state index contributed by atoms with van der Waals surface area (Å²) in [6.45, 7) is 7.74. The van der Waals surface area contributed by atoms with Crippen LogP contribution in [0.25, 0.3) is 5.69 Å². The van der Waals surface area contributed by atoms with Crippen molar-refractivity contribution in [2.45, 2.75) is 39.8 Å². The third-order valence-corrected chi connectivity index (χ3v) is 5.95. The van der Waals surface area contributed by atoms with Crippen molar-refractivity contribution < 1.29 is 4.79 Å². The number of piperidine rings is 1. The van der Waals surface area contributed by atoms with Crippen molar-refractivity contribution in [3.63, 3.8) is 0 Å². The second-order valence-corrected chi connectivity index (χ2v) is 8.73. The number of aromatic nitrogens is 2. The van der Waals surface area contributed by atoms with Gasteiger partial charge in [-0.15, -0.1) is 0 Å². The molecule has 1 N–H and O–H groups in total. The van der Waals surface area contributed by atoms with Gasteiger partial charge < -0.3 is 5.32 Å². The first kappa shape index (κ1) is 22.0. The lowest BCUT2D eigenvalue weighted by Crippen LogP contribution is -2.33. The molecule has 3 aromatic rings. The van der Waals surface area contributed by atoms with E-state index in [-0.39, 0.29) is 11.1 Å². The van der Waals surface area contributed by atoms with Gasteiger partial charge in [0.1, 0.15) is 0 Å². The largest absolute Gasteiger partial charge is 0.346 e. The van der Waals surface area contributed by atoms with Crippen molar-refractivity contribution in [3.8, 4) is 5.69 Å². The Morgan fingerprint density at radius 2 is 1.81 bits per heavy atom. The Balaban J connectivity index is 1.40. The third kappa shape index (κ3) is 5.32. The monoisotopic (exact) mass is 430 g/mol. The Labute approximate surface area is 188 Å². The maximum absolute atomic E-state index is 12.7. The number of benzene rings is 2. The highest BCUT2D eigenvalue weighted by Gasteiger charge is 2.17. The van der Waals surface area contributed by atoms with Crippen molar-refractivity contribution in [1.82, 2.24) is 20.0 Å². The van der Waals surface area contributed by atoms with Gasteiger partial charge in [-0.2, -0.15) is 5.10 Å². The van der Waals surface area contributed by atoms with E-state index in [1.54, 1.807) is 11.6 Å². The molecular weight excluding hydrogens is 400 g/mol. The van der Waals surface area contributed by atoms with Crippen LogP contribution in [-0.4, -0.2) is 33.7 Å². The number of hydrogen-bond donors (Lipinski definition) is 1. The molecule has 1 aromatic heterocycles. The molecule has 2 heterocycles. The molecule has 4 rings (SSSR count). The van der Waals surface area contributed by atoms with E-state index in [1.165, 1.54) is 24.5 Å². The average molecular weight is 431 g/mol. The van der Waals surface area contributed by atoms with Crippen molar-refractivity contribution in [2.75, 3.05) is 13.1 Å². The summed E-state index contributed by atoms with van der Waals surface area (Å²) in [6, 6.07) is 19.2. The first-order valence-electron chi connectivity index (χ1n) is 11.2. The summed E-state index contributed by atoms with van der Waals surface area (Å²) < 4.78 is 1.62. The molecule has 1 aliphatic rings. The SMILES string of the molecule is Cc1cc(=O)c(C(=O)NCc2ccc(CN3CCCC(C)C3)cc2)nn1-c1ccccc1. The van der Waals surface area contributed by atoms with Crippen LogP contribution in [0, 0.1) is 12.8 Å². The van der Waals surface area contributed by atoms with Gasteiger partial charge in [-0.3, -0.25) is 14.5 Å². The molecule has 1 saturated heterocycles. The molecule has 32 heavy (non-hydrogen) atoms. The molecule has 0 saturated carbocycles. The minimum atomic E-state index is -0.467. The summed E-state index contributed by atoms with van der Waals surface area (Å²) in [5.41, 5.74) is 3.27. The summed E-state index contributed by atoms with van der Waals surface area (Å²) in [7, 11) is 0. The number of carbonyl (C=O) groups excluding carboxylic acids is 1. The number of aryl methyl sites for hydroxylation is 1. The molecule has 0 radical (unpaired) electrons. The average Bonchev–Trinajstić information content (AvgIpc) is 2.79. The second-order valence-electron chi connectivity index (χ2n) is 8.73. The molecule has 1 atom stereocenters. The number of rotatable bonds is 6. The van der Waals surface area contributed by atoms with Gasteiger partial charge in [0.2, 0.25) is 5.43 Å². The lowest BCUT2D eigenvalue weighted by atomic mass is 9.99. The van der Waals surface area contributed by atoms with Crippen LogP contribution >= 0.6 is 0 Å². The van der Waals surface area contributed by atoms with Crippen LogP contribution in [0.1, 0.15) is 47.1 Å². The summed E-state index contributed by atoms with van der Waals surface area (Å²) in [6.07, 6.45) is 2.59. The smallest absolute Gasteiger partial charge is 0.276 e. The molecule has 1 aliphatic heterocycles. The molecular formula is C26H30N4O2.